The maximum Gasteiger partial charge on any atom is 0.305 e. The monoisotopic (exact) mass is 262 g/mol. The molecule has 19 heavy (non-hydrogen) atoms. The SMILES string of the molecule is NC(CC(=O)O)C(=O)N(Cc1ccccc1)C1CC1. The van der Waals surface area contributed by atoms with Gasteiger partial charge in [-0.1, -0.05) is 30.3 Å². The van der Waals surface area contributed by atoms with Gasteiger partial charge in [0.25, 0.3) is 0 Å². The summed E-state index contributed by atoms with van der Waals surface area (Å²) in [5.41, 5.74) is 6.70. The normalized spacial score (nSPS) is 15.8. The molecule has 2 rings (SSSR count). The topological polar surface area (TPSA) is 83.6 Å². The summed E-state index contributed by atoms with van der Waals surface area (Å²) >= 11 is 0. The Labute approximate surface area is 112 Å². The lowest BCUT2D eigenvalue weighted by molar-refractivity contribution is -0.142. The molecule has 5 heteroatoms. The first-order chi connectivity index (χ1) is 9.08. The first kappa shape index (κ1) is 13.5. The summed E-state index contributed by atoms with van der Waals surface area (Å²) in [6.45, 7) is 0.498. The zero-order valence-corrected chi connectivity index (χ0v) is 10.7. The molecule has 0 spiro atoms. The van der Waals surface area contributed by atoms with E-state index in [1.54, 1.807) is 4.90 Å². The number of hydrogen-bond donors (Lipinski definition) is 2. The highest BCUT2D eigenvalue weighted by Crippen LogP contribution is 2.29. The van der Waals surface area contributed by atoms with Crippen molar-refractivity contribution in [3.63, 3.8) is 0 Å². The van der Waals surface area contributed by atoms with Crippen molar-refractivity contribution >= 4 is 11.9 Å². The van der Waals surface area contributed by atoms with E-state index in [0.29, 0.717) is 6.54 Å². The quantitative estimate of drug-likeness (QED) is 0.800. The fourth-order valence-corrected chi connectivity index (χ4v) is 2.04. The van der Waals surface area contributed by atoms with E-state index in [1.165, 1.54) is 0 Å². The fraction of sp³-hybridized carbons (Fsp3) is 0.429. The number of nitrogens with two attached hydrogens (primary N) is 1. The highest BCUT2D eigenvalue weighted by Gasteiger charge is 2.35. The van der Waals surface area contributed by atoms with Gasteiger partial charge in [-0.3, -0.25) is 9.59 Å². The zero-order valence-electron chi connectivity index (χ0n) is 10.7. The van der Waals surface area contributed by atoms with E-state index in [4.69, 9.17) is 10.8 Å². The summed E-state index contributed by atoms with van der Waals surface area (Å²) in [6, 6.07) is 8.92. The van der Waals surface area contributed by atoms with Crippen LogP contribution in [0.5, 0.6) is 0 Å². The summed E-state index contributed by atoms with van der Waals surface area (Å²) < 4.78 is 0. The molecule has 102 valence electrons. The Bertz CT molecular complexity index is 457. The largest absolute Gasteiger partial charge is 0.481 e. The lowest BCUT2D eigenvalue weighted by Gasteiger charge is -2.25. The fourth-order valence-electron chi connectivity index (χ4n) is 2.04. The lowest BCUT2D eigenvalue weighted by Crippen LogP contribution is -2.45. The molecule has 1 unspecified atom stereocenters. The summed E-state index contributed by atoms with van der Waals surface area (Å²) in [4.78, 5) is 24.5. The molecule has 0 radical (unpaired) electrons. The number of carbonyl (C=O) groups excluding carboxylic acids is 1. The Hall–Kier alpha value is -1.88. The molecule has 1 fully saturated rings. The minimum absolute atomic E-state index is 0.215. The van der Waals surface area contributed by atoms with Gasteiger partial charge < -0.3 is 15.7 Å². The van der Waals surface area contributed by atoms with Crippen molar-refractivity contribution in [3.8, 4) is 0 Å². The Morgan fingerprint density at radius 2 is 1.95 bits per heavy atom. The van der Waals surface area contributed by atoms with Crippen molar-refractivity contribution in [2.45, 2.75) is 37.9 Å². The van der Waals surface area contributed by atoms with Gasteiger partial charge in [-0.15, -0.1) is 0 Å². The summed E-state index contributed by atoms with van der Waals surface area (Å²) in [5, 5.41) is 8.71. The molecule has 1 atom stereocenters. The van der Waals surface area contributed by atoms with E-state index in [1.807, 2.05) is 30.3 Å². The van der Waals surface area contributed by atoms with Crippen molar-refractivity contribution < 1.29 is 14.7 Å². The second-order valence-electron chi connectivity index (χ2n) is 4.89. The maximum absolute atomic E-state index is 12.2. The smallest absolute Gasteiger partial charge is 0.305 e. The molecule has 1 aromatic carbocycles. The maximum atomic E-state index is 12.2. The second kappa shape index (κ2) is 5.84. The molecule has 0 saturated heterocycles. The summed E-state index contributed by atoms with van der Waals surface area (Å²) in [7, 11) is 0. The third-order valence-corrected chi connectivity index (χ3v) is 3.18. The number of aliphatic carboxylic acids is 1. The Morgan fingerprint density at radius 1 is 1.32 bits per heavy atom. The van der Waals surface area contributed by atoms with Gasteiger partial charge in [-0.25, -0.2) is 0 Å². The molecule has 5 nitrogen and oxygen atoms in total. The molecule has 0 aromatic heterocycles. The first-order valence-electron chi connectivity index (χ1n) is 6.39. The second-order valence-corrected chi connectivity index (χ2v) is 4.89. The van der Waals surface area contributed by atoms with E-state index >= 15 is 0 Å². The third kappa shape index (κ3) is 3.79. The Balaban J connectivity index is 2.03. The van der Waals surface area contributed by atoms with Gasteiger partial charge in [0.2, 0.25) is 5.91 Å². The van der Waals surface area contributed by atoms with Crippen molar-refractivity contribution in [2.24, 2.45) is 5.73 Å². The van der Waals surface area contributed by atoms with E-state index in [9.17, 15) is 9.59 Å². The van der Waals surface area contributed by atoms with E-state index < -0.39 is 12.0 Å². The van der Waals surface area contributed by atoms with Gasteiger partial charge >= 0.3 is 5.97 Å². The van der Waals surface area contributed by atoms with Crippen LogP contribution >= 0.6 is 0 Å². The summed E-state index contributed by atoms with van der Waals surface area (Å²) in [5.74, 6) is -1.31. The number of carboxylic acids is 1. The van der Waals surface area contributed by atoms with Gasteiger partial charge in [0.05, 0.1) is 12.5 Å². The molecule has 0 heterocycles. The number of nitrogens with zero attached hydrogens (tertiary/aromatic N) is 1. The van der Waals surface area contributed by atoms with Crippen LogP contribution in [0, 0.1) is 0 Å². The van der Waals surface area contributed by atoms with Crippen molar-refractivity contribution in [1.82, 2.24) is 4.90 Å². The number of hydrogen-bond acceptors (Lipinski definition) is 3. The molecule has 0 bridgehead atoms. The van der Waals surface area contributed by atoms with E-state index in [-0.39, 0.29) is 18.4 Å². The van der Waals surface area contributed by atoms with Gasteiger partial charge in [-0.2, -0.15) is 0 Å². The van der Waals surface area contributed by atoms with Crippen LogP contribution in [0.3, 0.4) is 0 Å². The van der Waals surface area contributed by atoms with Crippen LogP contribution in [0.1, 0.15) is 24.8 Å². The van der Waals surface area contributed by atoms with Crippen molar-refractivity contribution in [3.05, 3.63) is 35.9 Å². The predicted octanol–water partition coefficient (Wildman–Crippen LogP) is 0.980. The molecule has 0 aliphatic heterocycles. The number of amides is 1. The van der Waals surface area contributed by atoms with Crippen molar-refractivity contribution in [2.75, 3.05) is 0 Å². The van der Waals surface area contributed by atoms with Crippen LogP contribution in [0.25, 0.3) is 0 Å². The minimum Gasteiger partial charge on any atom is -0.481 e. The molecule has 1 aliphatic rings. The number of rotatable bonds is 6. The van der Waals surface area contributed by atoms with Crippen LogP contribution in [0.4, 0.5) is 0 Å². The highest BCUT2D eigenvalue weighted by atomic mass is 16.4. The number of carbonyl (C=O) groups is 2. The summed E-state index contributed by atoms with van der Waals surface area (Å²) in [6.07, 6.45) is 1.62. The number of carboxylic acid groups (broad SMARTS) is 1. The van der Waals surface area contributed by atoms with E-state index in [0.717, 1.165) is 18.4 Å². The molecule has 1 saturated carbocycles. The zero-order chi connectivity index (χ0) is 13.8. The Morgan fingerprint density at radius 3 is 2.47 bits per heavy atom. The third-order valence-electron chi connectivity index (χ3n) is 3.18. The molecule has 3 N–H and O–H groups in total. The molecule has 1 amide bonds. The van der Waals surface area contributed by atoms with Crippen molar-refractivity contribution in [1.29, 1.82) is 0 Å². The average molecular weight is 262 g/mol. The molecular formula is C14H18N2O3. The Kier molecular flexibility index (Phi) is 4.16. The first-order valence-corrected chi connectivity index (χ1v) is 6.39. The van der Waals surface area contributed by atoms with E-state index in [2.05, 4.69) is 0 Å². The van der Waals surface area contributed by atoms with Crippen LogP contribution in [0.2, 0.25) is 0 Å². The van der Waals surface area contributed by atoms with Gasteiger partial charge in [0.1, 0.15) is 0 Å². The van der Waals surface area contributed by atoms with Gasteiger partial charge in [0, 0.05) is 12.6 Å². The molecule has 1 aliphatic carbocycles. The van der Waals surface area contributed by atoms with Gasteiger partial charge in [0.15, 0.2) is 0 Å². The van der Waals surface area contributed by atoms with Crippen LogP contribution in [-0.4, -0.2) is 34.0 Å². The molecule has 1 aromatic rings. The highest BCUT2D eigenvalue weighted by molar-refractivity contribution is 5.86. The molecular weight excluding hydrogens is 244 g/mol. The standard InChI is InChI=1S/C14H18N2O3/c15-12(8-13(17)18)14(19)16(11-6-7-11)9-10-4-2-1-3-5-10/h1-5,11-12H,6-9,15H2,(H,17,18). The lowest BCUT2D eigenvalue weighted by atomic mass is 10.1. The van der Waals surface area contributed by atoms with Crippen LogP contribution in [0.15, 0.2) is 30.3 Å². The predicted molar refractivity (Wildman–Crippen MR) is 70.2 cm³/mol. The van der Waals surface area contributed by atoms with Gasteiger partial charge in [-0.05, 0) is 18.4 Å². The average Bonchev–Trinajstić information content (AvgIpc) is 3.20. The number of benzene rings is 1. The minimum atomic E-state index is -1.05. The van der Waals surface area contributed by atoms with Crippen LogP contribution in [-0.2, 0) is 16.1 Å². The van der Waals surface area contributed by atoms with Crippen LogP contribution < -0.4 is 5.73 Å².